The Morgan fingerprint density at radius 3 is 2.24 bits per heavy atom. The molecule has 0 N–H and O–H groups in total. The molecule has 3 heteroatoms. The molecule has 0 nitrogen and oxygen atoms in total. The summed E-state index contributed by atoms with van der Waals surface area (Å²) in [5, 5.41) is 3.12. The molecule has 2 rings (SSSR count). The largest absolute Gasteiger partial charge is 0.0972 e. The molecule has 0 heterocycles. The Morgan fingerprint density at radius 2 is 1.52 bits per heavy atom. The van der Waals surface area contributed by atoms with E-state index < -0.39 is 0 Å². The lowest BCUT2D eigenvalue weighted by molar-refractivity contribution is 0.610. The van der Waals surface area contributed by atoms with Crippen molar-refractivity contribution >= 4 is 35.1 Å². The smallest absolute Gasteiger partial charge is 0.0406 e. The molecule has 0 saturated carbocycles. The highest BCUT2D eigenvalue weighted by molar-refractivity contribution is 8.06. The maximum atomic E-state index is 6.01. The van der Waals surface area contributed by atoms with E-state index in [1.165, 1.54) is 53.2 Å². The first kappa shape index (κ1) is 20.5. The van der Waals surface area contributed by atoms with Crippen LogP contribution in [0.25, 0.3) is 0 Å². The second-order valence-corrected chi connectivity index (χ2v) is 8.67. The Labute approximate surface area is 166 Å². The van der Waals surface area contributed by atoms with E-state index in [0.29, 0.717) is 0 Å². The van der Waals surface area contributed by atoms with Crippen LogP contribution >= 0.6 is 35.1 Å². The van der Waals surface area contributed by atoms with Crippen molar-refractivity contribution < 1.29 is 0 Å². The Morgan fingerprint density at radius 1 is 0.840 bits per heavy atom. The molecule has 134 valence electrons. The van der Waals surface area contributed by atoms with E-state index in [9.17, 15) is 0 Å². The molecule has 0 aliphatic carbocycles. The minimum Gasteiger partial charge on any atom is -0.0972 e. The molecule has 0 aromatic heterocycles. The molecule has 0 aliphatic rings. The summed E-state index contributed by atoms with van der Waals surface area (Å²) in [4.78, 5) is 3.99. The Hall–Kier alpha value is -0.830. The van der Waals surface area contributed by atoms with E-state index in [-0.39, 0.29) is 0 Å². The predicted octanol–water partition coefficient (Wildman–Crippen LogP) is 8.82. The van der Waals surface area contributed by atoms with Crippen LogP contribution in [0.1, 0.15) is 51.9 Å². The van der Waals surface area contributed by atoms with Gasteiger partial charge >= 0.3 is 0 Å². The minimum absolute atomic E-state index is 0.796. The predicted molar refractivity (Wildman–Crippen MR) is 116 cm³/mol. The third-order valence-corrected chi connectivity index (χ3v) is 6.35. The van der Waals surface area contributed by atoms with E-state index in [1.54, 1.807) is 0 Å². The summed E-state index contributed by atoms with van der Waals surface area (Å²) in [6.07, 6.45) is 9.16. The van der Waals surface area contributed by atoms with Crippen molar-refractivity contribution in [3.8, 4) is 0 Å². The van der Waals surface area contributed by atoms with Gasteiger partial charge in [-0.25, -0.2) is 0 Å². The Kier molecular flexibility index (Phi) is 10.3. The van der Waals surface area contributed by atoms with Gasteiger partial charge in [-0.1, -0.05) is 92.4 Å². The summed E-state index contributed by atoms with van der Waals surface area (Å²) < 4.78 is 0. The van der Waals surface area contributed by atoms with E-state index in [2.05, 4.69) is 54.8 Å². The summed E-state index contributed by atoms with van der Waals surface area (Å²) in [6, 6.07) is 18.7. The number of unbranched alkanes of at least 4 members (excludes halogenated alkanes) is 5. The number of hydrogen-bond donors (Lipinski definition) is 0. The first-order chi connectivity index (χ1) is 12.3. The zero-order chi connectivity index (χ0) is 17.7. The van der Waals surface area contributed by atoms with Gasteiger partial charge in [-0.15, -0.1) is 0 Å². The van der Waals surface area contributed by atoms with Gasteiger partial charge in [-0.2, -0.15) is 0 Å². The van der Waals surface area contributed by atoms with Gasteiger partial charge < -0.3 is 0 Å². The molecule has 0 aliphatic heterocycles. The summed E-state index contributed by atoms with van der Waals surface area (Å²) in [5.41, 5.74) is 0. The van der Waals surface area contributed by atoms with Gasteiger partial charge in [0.25, 0.3) is 0 Å². The summed E-state index contributed by atoms with van der Waals surface area (Å²) in [7, 11) is 0. The van der Waals surface area contributed by atoms with Crippen LogP contribution in [0, 0.1) is 0 Å². The van der Waals surface area contributed by atoms with Crippen molar-refractivity contribution in [1.29, 1.82) is 0 Å². The highest BCUT2D eigenvalue weighted by Gasteiger charge is 2.03. The Bertz CT molecular complexity index is 620. The van der Waals surface area contributed by atoms with E-state index in [0.717, 1.165) is 11.4 Å². The van der Waals surface area contributed by atoms with Crippen molar-refractivity contribution in [3.63, 3.8) is 0 Å². The normalized spacial score (nSPS) is 11.7. The lowest BCUT2D eigenvalue weighted by Gasteiger charge is -2.08. The molecule has 0 fully saturated rings. The van der Waals surface area contributed by atoms with Crippen LogP contribution in [-0.4, -0.2) is 0 Å². The number of rotatable bonds is 11. The van der Waals surface area contributed by atoms with Crippen LogP contribution in [0.3, 0.4) is 0 Å². The maximum Gasteiger partial charge on any atom is 0.0406 e. The summed E-state index contributed by atoms with van der Waals surface area (Å²) >= 11 is 9.69. The fourth-order valence-electron chi connectivity index (χ4n) is 2.50. The molecular weight excluding hydrogens is 364 g/mol. The Balaban J connectivity index is 1.91. The van der Waals surface area contributed by atoms with E-state index >= 15 is 0 Å². The number of thioether (sulfide) groups is 2. The first-order valence-electron chi connectivity index (χ1n) is 9.12. The number of hydrogen-bond acceptors (Lipinski definition) is 2. The zero-order valence-electron chi connectivity index (χ0n) is 14.9. The summed E-state index contributed by atoms with van der Waals surface area (Å²) in [6.45, 7) is 2.27. The van der Waals surface area contributed by atoms with E-state index in [4.69, 9.17) is 11.6 Å². The van der Waals surface area contributed by atoms with Crippen molar-refractivity contribution in [3.05, 3.63) is 69.9 Å². The van der Waals surface area contributed by atoms with Crippen LogP contribution < -0.4 is 0 Å². The van der Waals surface area contributed by atoms with Crippen LogP contribution in [0.5, 0.6) is 0 Å². The monoisotopic (exact) mass is 390 g/mol. The third-order valence-electron chi connectivity index (χ3n) is 3.91. The van der Waals surface area contributed by atoms with Gasteiger partial charge in [-0.3, -0.25) is 0 Å². The molecule has 0 amide bonds. The molecule has 0 bridgehead atoms. The molecule has 0 unspecified atom stereocenters. The molecule has 0 saturated heterocycles. The van der Waals surface area contributed by atoms with Crippen molar-refractivity contribution in [2.75, 3.05) is 0 Å². The lowest BCUT2D eigenvalue weighted by Crippen LogP contribution is -1.83. The van der Waals surface area contributed by atoms with Crippen LogP contribution in [0.15, 0.2) is 74.7 Å². The molecule has 0 atom stereocenters. The molecule has 0 spiro atoms. The standard InChI is InChI=1S/C22H27ClS2/c1-2-3-4-5-6-8-13-22(18-24-20-11-9-7-10-12-20)25-21-16-14-19(23)15-17-21/h7,9-12,14-18H,2-6,8,13H2,1H3/b22-18-. The van der Waals surface area contributed by atoms with Gasteiger partial charge in [0, 0.05) is 14.8 Å². The molecule has 2 aromatic rings. The first-order valence-corrected chi connectivity index (χ1v) is 11.2. The SMILES string of the molecule is CCCCCCCC/C(=C/Sc1ccccc1)Sc1ccc(Cl)cc1. The van der Waals surface area contributed by atoms with Crippen LogP contribution in [0.2, 0.25) is 5.02 Å². The van der Waals surface area contributed by atoms with Crippen molar-refractivity contribution in [1.82, 2.24) is 0 Å². The topological polar surface area (TPSA) is 0 Å². The maximum absolute atomic E-state index is 6.01. The highest BCUT2D eigenvalue weighted by atomic mass is 35.5. The second-order valence-electron chi connectivity index (χ2n) is 6.09. The minimum atomic E-state index is 0.796. The van der Waals surface area contributed by atoms with Crippen LogP contribution in [0.4, 0.5) is 0 Å². The average Bonchev–Trinajstić information content (AvgIpc) is 2.65. The quantitative estimate of drug-likeness (QED) is 0.277. The van der Waals surface area contributed by atoms with E-state index in [1.807, 2.05) is 35.7 Å². The van der Waals surface area contributed by atoms with Gasteiger partial charge in [0.2, 0.25) is 0 Å². The fraction of sp³-hybridized carbons (Fsp3) is 0.364. The summed E-state index contributed by atoms with van der Waals surface area (Å²) in [5.74, 6) is 0. The highest BCUT2D eigenvalue weighted by Crippen LogP contribution is 2.34. The number of halogens is 1. The van der Waals surface area contributed by atoms with Crippen molar-refractivity contribution in [2.45, 2.75) is 61.7 Å². The molecular formula is C22H27ClS2. The fourth-order valence-corrected chi connectivity index (χ4v) is 4.48. The van der Waals surface area contributed by atoms with Gasteiger partial charge in [-0.05, 0) is 59.6 Å². The molecule has 25 heavy (non-hydrogen) atoms. The van der Waals surface area contributed by atoms with Crippen LogP contribution in [-0.2, 0) is 0 Å². The number of allylic oxidation sites excluding steroid dienone is 1. The lowest BCUT2D eigenvalue weighted by atomic mass is 10.1. The number of benzene rings is 2. The van der Waals surface area contributed by atoms with Crippen molar-refractivity contribution in [2.24, 2.45) is 0 Å². The average molecular weight is 391 g/mol. The molecule has 2 aromatic carbocycles. The van der Waals surface area contributed by atoms with Gasteiger partial charge in [0.1, 0.15) is 0 Å². The second kappa shape index (κ2) is 12.5. The van der Waals surface area contributed by atoms with Gasteiger partial charge in [0.15, 0.2) is 0 Å². The zero-order valence-corrected chi connectivity index (χ0v) is 17.3. The third kappa shape index (κ3) is 8.89. The van der Waals surface area contributed by atoms with Gasteiger partial charge in [0.05, 0.1) is 0 Å². The molecule has 0 radical (unpaired) electrons.